The molecule has 1 aliphatic carbocycles. The fourth-order valence-electron chi connectivity index (χ4n) is 4.19. The molecule has 0 saturated heterocycles. The second-order valence-corrected chi connectivity index (χ2v) is 8.61. The monoisotopic (exact) mass is 498 g/mol. The van der Waals surface area contributed by atoms with Gasteiger partial charge in [-0.15, -0.1) is 0 Å². The van der Waals surface area contributed by atoms with Crippen LogP contribution in [-0.2, 0) is 19.1 Å². The van der Waals surface area contributed by atoms with Gasteiger partial charge in [0.2, 0.25) is 11.8 Å². The van der Waals surface area contributed by atoms with Gasteiger partial charge in [-0.1, -0.05) is 24.3 Å². The van der Waals surface area contributed by atoms with Crippen molar-refractivity contribution in [3.8, 4) is 11.5 Å². The third kappa shape index (κ3) is 8.53. The van der Waals surface area contributed by atoms with Gasteiger partial charge in [0.25, 0.3) is 0 Å². The van der Waals surface area contributed by atoms with Crippen LogP contribution in [-0.4, -0.2) is 51.5 Å². The maximum absolute atomic E-state index is 12.9. The summed E-state index contributed by atoms with van der Waals surface area (Å²) in [6.45, 7) is 6.97. The highest BCUT2D eigenvalue weighted by molar-refractivity contribution is 5.95. The van der Waals surface area contributed by atoms with E-state index in [-0.39, 0.29) is 23.7 Å². The molecule has 36 heavy (non-hydrogen) atoms. The Bertz CT molecular complexity index is 881. The van der Waals surface area contributed by atoms with Crippen LogP contribution in [0.4, 0.5) is 11.4 Å². The lowest BCUT2D eigenvalue weighted by Gasteiger charge is -2.27. The minimum absolute atomic E-state index is 0.0391. The predicted octanol–water partition coefficient (Wildman–Crippen LogP) is 4.90. The van der Waals surface area contributed by atoms with E-state index in [1.54, 1.807) is 0 Å². The molecule has 0 aliphatic heterocycles. The lowest BCUT2D eigenvalue weighted by molar-refractivity contribution is -0.125. The third-order valence-corrected chi connectivity index (χ3v) is 6.14. The van der Waals surface area contributed by atoms with Crippen molar-refractivity contribution < 1.29 is 28.5 Å². The first-order valence-electron chi connectivity index (χ1n) is 12.8. The molecule has 0 atom stereocenters. The average Bonchev–Trinajstić information content (AvgIpc) is 2.91. The largest absolute Gasteiger partial charge is 0.489 e. The number of hydrogen-bond donors (Lipinski definition) is 2. The molecule has 2 aromatic rings. The molecule has 196 valence electrons. The number of carbonyl (C=O) groups excluding carboxylic acids is 2. The number of amides is 2. The van der Waals surface area contributed by atoms with Crippen LogP contribution in [0.15, 0.2) is 48.5 Å². The van der Waals surface area contributed by atoms with Crippen molar-refractivity contribution in [1.29, 1.82) is 0 Å². The van der Waals surface area contributed by atoms with E-state index in [1.807, 2.05) is 62.4 Å². The summed E-state index contributed by atoms with van der Waals surface area (Å²) in [6.07, 6.45) is 2.63. The molecule has 8 nitrogen and oxygen atoms in total. The lowest BCUT2D eigenvalue weighted by atomic mass is 9.81. The highest BCUT2D eigenvalue weighted by Gasteiger charge is 2.30. The molecule has 1 saturated carbocycles. The third-order valence-electron chi connectivity index (χ3n) is 6.14. The lowest BCUT2D eigenvalue weighted by Crippen LogP contribution is -2.32. The summed E-state index contributed by atoms with van der Waals surface area (Å²) >= 11 is 0. The maximum atomic E-state index is 12.9. The summed E-state index contributed by atoms with van der Waals surface area (Å²) < 4.78 is 22.2. The van der Waals surface area contributed by atoms with Crippen molar-refractivity contribution in [2.75, 3.05) is 50.3 Å². The molecule has 3 rings (SSSR count). The molecule has 1 fully saturated rings. The molecular weight excluding hydrogens is 460 g/mol. The number of benzene rings is 2. The number of para-hydroxylation sites is 4. The molecule has 0 bridgehead atoms. The van der Waals surface area contributed by atoms with Gasteiger partial charge in [0.05, 0.1) is 24.6 Å². The summed E-state index contributed by atoms with van der Waals surface area (Å²) in [5.74, 6) is 0.895. The van der Waals surface area contributed by atoms with Gasteiger partial charge in [-0.25, -0.2) is 0 Å². The van der Waals surface area contributed by atoms with E-state index < -0.39 is 0 Å². The van der Waals surface area contributed by atoms with Crippen LogP contribution in [0, 0.1) is 11.8 Å². The van der Waals surface area contributed by atoms with Gasteiger partial charge in [0.15, 0.2) is 0 Å². The second-order valence-electron chi connectivity index (χ2n) is 8.61. The van der Waals surface area contributed by atoms with Gasteiger partial charge < -0.3 is 29.6 Å². The number of hydrogen-bond acceptors (Lipinski definition) is 6. The standard InChI is InChI=1S/C28H38N2O6/c1-3-33-17-19-35-25-11-7-5-9-23(25)29-27(31)21-13-15-22(16-14-21)28(32)30-24-10-6-8-12-26(24)36-20-18-34-4-2/h5-12,21-22H,3-4,13-20H2,1-2H3,(H,29,31)(H,30,32). The zero-order valence-electron chi connectivity index (χ0n) is 21.3. The predicted molar refractivity (Wildman–Crippen MR) is 140 cm³/mol. The number of nitrogens with one attached hydrogen (secondary N) is 2. The summed E-state index contributed by atoms with van der Waals surface area (Å²) in [6, 6.07) is 14.8. The van der Waals surface area contributed by atoms with Gasteiger partial charge in [-0.05, 0) is 63.8 Å². The van der Waals surface area contributed by atoms with E-state index in [0.29, 0.717) is 88.2 Å². The molecule has 1 aliphatic rings. The molecule has 2 aromatic carbocycles. The summed E-state index contributed by atoms with van der Waals surface area (Å²) in [7, 11) is 0. The second kappa shape index (κ2) is 15.1. The first-order valence-corrected chi connectivity index (χ1v) is 12.8. The minimum atomic E-state index is -0.139. The Morgan fingerprint density at radius 1 is 0.667 bits per heavy atom. The Balaban J connectivity index is 1.48. The summed E-state index contributed by atoms with van der Waals surface area (Å²) in [5, 5.41) is 6.02. The number of anilines is 2. The maximum Gasteiger partial charge on any atom is 0.227 e. The van der Waals surface area contributed by atoms with E-state index >= 15 is 0 Å². The molecule has 0 unspecified atom stereocenters. The van der Waals surface area contributed by atoms with Crippen LogP contribution < -0.4 is 20.1 Å². The number of carbonyl (C=O) groups is 2. The average molecular weight is 499 g/mol. The van der Waals surface area contributed by atoms with Crippen LogP contribution in [0.3, 0.4) is 0 Å². The van der Waals surface area contributed by atoms with E-state index in [9.17, 15) is 9.59 Å². The SMILES string of the molecule is CCOCCOc1ccccc1NC(=O)C1CCC(C(=O)Nc2ccccc2OCCOCC)CC1. The van der Waals surface area contributed by atoms with Gasteiger partial charge in [0.1, 0.15) is 24.7 Å². The van der Waals surface area contributed by atoms with Crippen LogP contribution >= 0.6 is 0 Å². The van der Waals surface area contributed by atoms with E-state index in [4.69, 9.17) is 18.9 Å². The van der Waals surface area contributed by atoms with Crippen molar-refractivity contribution in [2.24, 2.45) is 11.8 Å². The summed E-state index contributed by atoms with van der Waals surface area (Å²) in [4.78, 5) is 25.9. The van der Waals surface area contributed by atoms with Crippen LogP contribution in [0.2, 0.25) is 0 Å². The highest BCUT2D eigenvalue weighted by Crippen LogP contribution is 2.33. The van der Waals surface area contributed by atoms with E-state index in [0.717, 1.165) is 0 Å². The van der Waals surface area contributed by atoms with Crippen LogP contribution in [0.1, 0.15) is 39.5 Å². The Kier molecular flexibility index (Phi) is 11.5. The molecule has 2 N–H and O–H groups in total. The number of rotatable bonds is 14. The highest BCUT2D eigenvalue weighted by atomic mass is 16.5. The molecule has 2 amide bonds. The van der Waals surface area contributed by atoms with Crippen molar-refractivity contribution in [3.05, 3.63) is 48.5 Å². The van der Waals surface area contributed by atoms with Gasteiger partial charge >= 0.3 is 0 Å². The van der Waals surface area contributed by atoms with E-state index in [2.05, 4.69) is 10.6 Å². The first kappa shape index (κ1) is 27.5. The molecule has 0 heterocycles. The van der Waals surface area contributed by atoms with Gasteiger partial charge in [-0.3, -0.25) is 9.59 Å². The smallest absolute Gasteiger partial charge is 0.227 e. The fourth-order valence-corrected chi connectivity index (χ4v) is 4.19. The minimum Gasteiger partial charge on any atom is -0.489 e. The fraction of sp³-hybridized carbons (Fsp3) is 0.500. The molecular formula is C28H38N2O6. The van der Waals surface area contributed by atoms with E-state index in [1.165, 1.54) is 0 Å². The van der Waals surface area contributed by atoms with Crippen molar-refractivity contribution in [1.82, 2.24) is 0 Å². The van der Waals surface area contributed by atoms with Crippen molar-refractivity contribution in [3.63, 3.8) is 0 Å². The molecule has 0 spiro atoms. The van der Waals surface area contributed by atoms with Crippen LogP contribution in [0.25, 0.3) is 0 Å². The summed E-state index contributed by atoms with van der Waals surface area (Å²) in [5.41, 5.74) is 1.31. The zero-order valence-corrected chi connectivity index (χ0v) is 21.3. The molecule has 0 aromatic heterocycles. The Morgan fingerprint density at radius 2 is 1.06 bits per heavy atom. The zero-order chi connectivity index (χ0) is 25.6. The Morgan fingerprint density at radius 3 is 1.44 bits per heavy atom. The van der Waals surface area contributed by atoms with Crippen molar-refractivity contribution >= 4 is 23.2 Å². The Hall–Kier alpha value is -3.10. The molecule has 0 radical (unpaired) electrons. The van der Waals surface area contributed by atoms with Crippen LogP contribution in [0.5, 0.6) is 11.5 Å². The quantitative estimate of drug-likeness (QED) is 0.360. The topological polar surface area (TPSA) is 95.1 Å². The van der Waals surface area contributed by atoms with Gasteiger partial charge in [0, 0.05) is 25.0 Å². The first-order chi connectivity index (χ1) is 17.6. The molecule has 8 heteroatoms. The number of ether oxygens (including phenoxy) is 4. The van der Waals surface area contributed by atoms with Crippen molar-refractivity contribution in [2.45, 2.75) is 39.5 Å². The normalized spacial score (nSPS) is 17.3. The van der Waals surface area contributed by atoms with Gasteiger partial charge in [-0.2, -0.15) is 0 Å². The Labute approximate surface area is 213 Å².